The van der Waals surface area contributed by atoms with Gasteiger partial charge in [0.15, 0.2) is 0 Å². The Morgan fingerprint density at radius 3 is 2.67 bits per heavy atom. The minimum absolute atomic E-state index is 0.273. The van der Waals surface area contributed by atoms with Crippen molar-refractivity contribution < 1.29 is 9.90 Å². The summed E-state index contributed by atoms with van der Waals surface area (Å²) < 4.78 is 1.15. The molecule has 0 spiro atoms. The number of nitrogens with zero attached hydrogens (tertiary/aromatic N) is 2. The first-order valence-corrected chi connectivity index (χ1v) is 8.08. The van der Waals surface area contributed by atoms with Gasteiger partial charge in [-0.15, -0.1) is 0 Å². The van der Waals surface area contributed by atoms with Gasteiger partial charge in [-0.3, -0.25) is 9.80 Å². The molecule has 0 aliphatic carbocycles. The predicted octanol–water partition coefficient (Wildman–Crippen LogP) is 3.40. The van der Waals surface area contributed by atoms with Crippen LogP contribution in [-0.4, -0.2) is 22.6 Å². The molecular formula is C15H21N3O2S. The van der Waals surface area contributed by atoms with Crippen LogP contribution in [-0.2, 0) is 4.79 Å². The Hall–Kier alpha value is -1.66. The van der Waals surface area contributed by atoms with Crippen LogP contribution in [0.2, 0.25) is 0 Å². The van der Waals surface area contributed by atoms with E-state index in [1.807, 2.05) is 24.3 Å². The maximum atomic E-state index is 10.4. The van der Waals surface area contributed by atoms with Crippen LogP contribution < -0.4 is 10.9 Å². The number of nitrogens with two attached hydrogens (primary N) is 1. The molecule has 0 bridgehead atoms. The molecular weight excluding hydrogens is 286 g/mol. The summed E-state index contributed by atoms with van der Waals surface area (Å²) in [5, 5.41) is 11.1. The van der Waals surface area contributed by atoms with Gasteiger partial charge in [0, 0.05) is 13.0 Å². The van der Waals surface area contributed by atoms with Crippen molar-refractivity contribution in [3.8, 4) is 0 Å². The van der Waals surface area contributed by atoms with Crippen LogP contribution in [0.3, 0.4) is 0 Å². The van der Waals surface area contributed by atoms with E-state index in [1.54, 1.807) is 16.3 Å². The molecule has 3 N–H and O–H groups in total. The number of carboxylic acid groups (broad SMARTS) is 1. The van der Waals surface area contributed by atoms with Crippen molar-refractivity contribution >= 4 is 32.7 Å². The molecule has 0 amide bonds. The zero-order valence-electron chi connectivity index (χ0n) is 12.0. The summed E-state index contributed by atoms with van der Waals surface area (Å²) in [7, 11) is 0. The number of carboxylic acids is 1. The summed E-state index contributed by atoms with van der Waals surface area (Å²) in [4.78, 5) is 14.9. The number of carbonyl (C=O) groups is 1. The van der Waals surface area contributed by atoms with Crippen molar-refractivity contribution in [2.45, 2.75) is 38.5 Å². The number of benzene rings is 1. The summed E-state index contributed by atoms with van der Waals surface area (Å²) in [5.74, 6) is 5.33. The van der Waals surface area contributed by atoms with Crippen LogP contribution in [0, 0.1) is 0 Å². The van der Waals surface area contributed by atoms with Gasteiger partial charge in [-0.1, -0.05) is 42.7 Å². The van der Waals surface area contributed by atoms with Gasteiger partial charge >= 0.3 is 5.97 Å². The minimum Gasteiger partial charge on any atom is -0.481 e. The van der Waals surface area contributed by atoms with E-state index in [0.717, 1.165) is 54.0 Å². The number of hydrazine groups is 1. The fourth-order valence-corrected chi connectivity index (χ4v) is 3.08. The van der Waals surface area contributed by atoms with E-state index in [9.17, 15) is 4.79 Å². The average molecular weight is 307 g/mol. The van der Waals surface area contributed by atoms with Gasteiger partial charge in [0.25, 0.3) is 0 Å². The Kier molecular flexibility index (Phi) is 5.95. The molecule has 0 aliphatic heterocycles. The highest BCUT2D eigenvalue weighted by molar-refractivity contribution is 7.22. The Morgan fingerprint density at radius 2 is 1.90 bits per heavy atom. The van der Waals surface area contributed by atoms with Crippen LogP contribution in [0.25, 0.3) is 10.2 Å². The van der Waals surface area contributed by atoms with E-state index in [4.69, 9.17) is 10.9 Å². The maximum absolute atomic E-state index is 10.4. The molecule has 0 saturated heterocycles. The number of para-hydroxylation sites is 1. The normalized spacial score (nSPS) is 10.9. The first-order chi connectivity index (χ1) is 10.2. The summed E-state index contributed by atoms with van der Waals surface area (Å²) in [6, 6.07) is 8.02. The third kappa shape index (κ3) is 4.99. The number of rotatable bonds is 9. The smallest absolute Gasteiger partial charge is 0.303 e. The monoisotopic (exact) mass is 307 g/mol. The summed E-state index contributed by atoms with van der Waals surface area (Å²) in [6.07, 6.45) is 5.13. The highest BCUT2D eigenvalue weighted by atomic mass is 32.1. The number of hydrogen-bond acceptors (Lipinski definition) is 5. The van der Waals surface area contributed by atoms with Crippen molar-refractivity contribution in [1.29, 1.82) is 0 Å². The second kappa shape index (κ2) is 7.95. The van der Waals surface area contributed by atoms with Gasteiger partial charge in [-0.2, -0.15) is 0 Å². The summed E-state index contributed by atoms with van der Waals surface area (Å²) in [6.45, 7) is 0.777. The standard InChI is InChI=1S/C15H21N3O2S/c16-18(11-7-3-1-2-4-10-14(19)20)15-17-12-8-5-6-9-13(12)21-15/h5-6,8-9H,1-4,7,10-11,16H2,(H,19,20). The van der Waals surface area contributed by atoms with Crippen LogP contribution >= 0.6 is 11.3 Å². The summed E-state index contributed by atoms with van der Waals surface area (Å²) in [5.41, 5.74) is 0.988. The van der Waals surface area contributed by atoms with Crippen LogP contribution in [0.15, 0.2) is 24.3 Å². The molecule has 0 unspecified atom stereocenters. The number of hydrogen-bond donors (Lipinski definition) is 2. The molecule has 0 aliphatic rings. The average Bonchev–Trinajstić information content (AvgIpc) is 2.89. The van der Waals surface area contributed by atoms with E-state index in [0.29, 0.717) is 0 Å². The van der Waals surface area contributed by atoms with Crippen molar-refractivity contribution in [2.75, 3.05) is 11.6 Å². The van der Waals surface area contributed by atoms with Crippen LogP contribution in [0.5, 0.6) is 0 Å². The maximum Gasteiger partial charge on any atom is 0.303 e. The quantitative estimate of drug-likeness (QED) is 0.421. The molecule has 0 atom stereocenters. The molecule has 1 heterocycles. The number of aliphatic carboxylic acids is 1. The number of anilines is 1. The molecule has 0 radical (unpaired) electrons. The first kappa shape index (κ1) is 15.7. The van der Waals surface area contributed by atoms with Crippen LogP contribution in [0.1, 0.15) is 38.5 Å². The van der Waals surface area contributed by atoms with Gasteiger partial charge in [0.05, 0.1) is 10.2 Å². The fourth-order valence-electron chi connectivity index (χ4n) is 2.17. The molecule has 6 heteroatoms. The lowest BCUT2D eigenvalue weighted by Crippen LogP contribution is -2.31. The van der Waals surface area contributed by atoms with E-state index in [1.165, 1.54) is 0 Å². The first-order valence-electron chi connectivity index (χ1n) is 7.26. The molecule has 1 aromatic heterocycles. The lowest BCUT2D eigenvalue weighted by atomic mass is 10.1. The zero-order valence-corrected chi connectivity index (χ0v) is 12.8. The Bertz CT molecular complexity index is 552. The van der Waals surface area contributed by atoms with Crippen molar-refractivity contribution in [3.63, 3.8) is 0 Å². The largest absolute Gasteiger partial charge is 0.481 e. The second-order valence-electron chi connectivity index (χ2n) is 5.07. The van der Waals surface area contributed by atoms with Gasteiger partial charge in [0.2, 0.25) is 5.13 Å². The molecule has 0 fully saturated rings. The van der Waals surface area contributed by atoms with E-state index < -0.39 is 5.97 Å². The third-order valence-electron chi connectivity index (χ3n) is 3.32. The molecule has 114 valence electrons. The number of thiazole rings is 1. The van der Waals surface area contributed by atoms with E-state index in [-0.39, 0.29) is 6.42 Å². The van der Waals surface area contributed by atoms with Gasteiger partial charge in [-0.05, 0) is 25.0 Å². The van der Waals surface area contributed by atoms with Crippen molar-refractivity contribution in [3.05, 3.63) is 24.3 Å². The molecule has 5 nitrogen and oxygen atoms in total. The number of aromatic nitrogens is 1. The second-order valence-corrected chi connectivity index (χ2v) is 6.08. The Morgan fingerprint density at radius 1 is 1.19 bits per heavy atom. The highest BCUT2D eigenvalue weighted by Crippen LogP contribution is 2.27. The van der Waals surface area contributed by atoms with E-state index in [2.05, 4.69) is 4.98 Å². The lowest BCUT2D eigenvalue weighted by Gasteiger charge is -2.14. The third-order valence-corrected chi connectivity index (χ3v) is 4.39. The SMILES string of the molecule is NN(CCCCCCCC(=O)O)c1nc2ccccc2s1. The molecule has 0 saturated carbocycles. The minimum atomic E-state index is -0.709. The number of fused-ring (bicyclic) bond motifs is 1. The molecule has 21 heavy (non-hydrogen) atoms. The highest BCUT2D eigenvalue weighted by Gasteiger charge is 2.08. The Labute approximate surface area is 128 Å². The lowest BCUT2D eigenvalue weighted by molar-refractivity contribution is -0.137. The van der Waals surface area contributed by atoms with E-state index >= 15 is 0 Å². The fraction of sp³-hybridized carbons (Fsp3) is 0.467. The molecule has 2 rings (SSSR count). The molecule has 2 aromatic rings. The Balaban J connectivity index is 1.67. The zero-order chi connectivity index (χ0) is 15.1. The number of unbranched alkanes of at least 4 members (excludes halogenated alkanes) is 4. The molecule has 1 aromatic carbocycles. The van der Waals surface area contributed by atoms with Gasteiger partial charge in [0.1, 0.15) is 0 Å². The van der Waals surface area contributed by atoms with Gasteiger partial charge < -0.3 is 5.11 Å². The predicted molar refractivity (Wildman–Crippen MR) is 86.5 cm³/mol. The van der Waals surface area contributed by atoms with Crippen molar-refractivity contribution in [1.82, 2.24) is 4.98 Å². The van der Waals surface area contributed by atoms with Crippen molar-refractivity contribution in [2.24, 2.45) is 5.84 Å². The topological polar surface area (TPSA) is 79.5 Å². The van der Waals surface area contributed by atoms with Crippen LogP contribution in [0.4, 0.5) is 5.13 Å². The van der Waals surface area contributed by atoms with Gasteiger partial charge in [-0.25, -0.2) is 10.8 Å². The summed E-state index contributed by atoms with van der Waals surface area (Å²) >= 11 is 1.61.